The molecule has 1 amide bonds. The Hall–Kier alpha value is -4.28. The van der Waals surface area contributed by atoms with Crippen molar-refractivity contribution in [2.45, 2.75) is 30.5 Å². The number of rotatable bonds is 6. The van der Waals surface area contributed by atoms with Crippen molar-refractivity contribution in [2.75, 3.05) is 18.5 Å². The van der Waals surface area contributed by atoms with Crippen LogP contribution in [0, 0.1) is 0 Å². The molecule has 40 heavy (non-hydrogen) atoms. The minimum atomic E-state index is -4.46. The number of alkyl halides is 3. The Labute approximate surface area is 228 Å². The number of carbonyl (C=O) groups excluding carboxylic acids is 1. The second kappa shape index (κ2) is 10.7. The summed E-state index contributed by atoms with van der Waals surface area (Å²) in [7, 11) is 0. The number of nitrogens with one attached hydrogen (secondary N) is 2. The van der Waals surface area contributed by atoms with Crippen LogP contribution in [0.4, 0.5) is 19.1 Å². The van der Waals surface area contributed by atoms with Crippen LogP contribution in [0.3, 0.4) is 0 Å². The summed E-state index contributed by atoms with van der Waals surface area (Å²) < 4.78 is 50.3. The predicted molar refractivity (Wildman–Crippen MR) is 142 cm³/mol. The average Bonchev–Trinajstić information content (AvgIpc) is 3.56. The maximum absolute atomic E-state index is 12.8. The van der Waals surface area contributed by atoms with Crippen molar-refractivity contribution >= 4 is 11.9 Å². The lowest BCUT2D eigenvalue weighted by Crippen LogP contribution is -2.44. The molecule has 0 aliphatic carbocycles. The fourth-order valence-corrected chi connectivity index (χ4v) is 5.03. The zero-order valence-corrected chi connectivity index (χ0v) is 21.1. The molecule has 0 saturated carbocycles. The van der Waals surface area contributed by atoms with Gasteiger partial charge in [-0.25, -0.2) is 9.97 Å². The van der Waals surface area contributed by atoms with Gasteiger partial charge in [-0.05, 0) is 41.5 Å². The molecule has 2 saturated heterocycles. The summed E-state index contributed by atoms with van der Waals surface area (Å²) >= 11 is 0. The number of hydrogen-bond donors (Lipinski definition) is 2. The summed E-state index contributed by atoms with van der Waals surface area (Å²) in [6, 6.07) is 23.5. The maximum Gasteiger partial charge on any atom is 0.416 e. The fourth-order valence-electron chi connectivity index (χ4n) is 5.03. The number of ether oxygens (including phenoxy) is 2. The number of halogens is 3. The minimum absolute atomic E-state index is 0.131. The van der Waals surface area contributed by atoms with E-state index in [9.17, 15) is 18.0 Å². The number of nitrogens with zero attached hydrogens (tertiary/aromatic N) is 2. The van der Waals surface area contributed by atoms with Crippen LogP contribution >= 0.6 is 0 Å². The summed E-state index contributed by atoms with van der Waals surface area (Å²) in [5, 5.41) is 6.12. The van der Waals surface area contributed by atoms with Gasteiger partial charge in [0, 0.05) is 17.3 Å². The normalized spacial score (nSPS) is 22.1. The highest BCUT2D eigenvalue weighted by atomic mass is 19.4. The highest BCUT2D eigenvalue weighted by Gasteiger charge is 2.48. The molecule has 3 aromatic carbocycles. The second-order valence-corrected chi connectivity index (χ2v) is 9.71. The zero-order valence-electron chi connectivity index (χ0n) is 21.1. The van der Waals surface area contributed by atoms with Gasteiger partial charge in [-0.3, -0.25) is 4.79 Å². The van der Waals surface area contributed by atoms with Crippen LogP contribution in [-0.2, 0) is 15.7 Å². The number of amides is 1. The highest BCUT2D eigenvalue weighted by Crippen LogP contribution is 2.31. The van der Waals surface area contributed by atoms with Crippen molar-refractivity contribution in [1.29, 1.82) is 0 Å². The molecule has 6 rings (SSSR count). The molecule has 2 N–H and O–H groups in total. The van der Waals surface area contributed by atoms with E-state index in [0.29, 0.717) is 12.6 Å². The first-order valence-electron chi connectivity index (χ1n) is 12.8. The van der Waals surface area contributed by atoms with Crippen LogP contribution in [-0.4, -0.2) is 53.4 Å². The Kier molecular flexibility index (Phi) is 6.95. The van der Waals surface area contributed by atoms with Gasteiger partial charge >= 0.3 is 6.18 Å². The molecule has 4 aromatic rings. The summed E-state index contributed by atoms with van der Waals surface area (Å²) in [5.74, 6) is -0.0583. The van der Waals surface area contributed by atoms with E-state index in [1.165, 1.54) is 0 Å². The summed E-state index contributed by atoms with van der Waals surface area (Å²) in [5.41, 5.74) is 3.29. The summed E-state index contributed by atoms with van der Waals surface area (Å²) in [4.78, 5) is 21.7. The molecule has 0 spiro atoms. The zero-order chi connectivity index (χ0) is 27.7. The van der Waals surface area contributed by atoms with Gasteiger partial charge in [-0.1, -0.05) is 54.6 Å². The maximum atomic E-state index is 12.8. The quantitative estimate of drug-likeness (QED) is 0.346. The van der Waals surface area contributed by atoms with Gasteiger partial charge in [-0.2, -0.15) is 13.2 Å². The molecule has 4 atom stereocenters. The number of aromatic nitrogens is 2. The van der Waals surface area contributed by atoms with Crippen molar-refractivity contribution in [1.82, 2.24) is 15.3 Å². The molecule has 2 aliphatic heterocycles. The topological polar surface area (TPSA) is 85.4 Å². The van der Waals surface area contributed by atoms with Gasteiger partial charge in [0.1, 0.15) is 12.2 Å². The van der Waals surface area contributed by atoms with E-state index in [4.69, 9.17) is 9.47 Å². The number of benzene rings is 3. The monoisotopic (exact) mass is 546 g/mol. The molecule has 7 nitrogen and oxygen atoms in total. The van der Waals surface area contributed by atoms with Crippen molar-refractivity contribution < 1.29 is 27.4 Å². The molecule has 1 aromatic heterocycles. The molecular formula is C30H25F3N4O3. The van der Waals surface area contributed by atoms with E-state index < -0.39 is 29.8 Å². The smallest absolute Gasteiger partial charge is 0.371 e. The third-order valence-corrected chi connectivity index (χ3v) is 7.10. The predicted octanol–water partition coefficient (Wildman–Crippen LogP) is 5.21. The summed E-state index contributed by atoms with van der Waals surface area (Å²) in [6.07, 6.45) is -3.54. The van der Waals surface area contributed by atoms with Gasteiger partial charge < -0.3 is 20.1 Å². The van der Waals surface area contributed by atoms with Crippen molar-refractivity contribution in [3.63, 3.8) is 0 Å². The molecule has 204 valence electrons. The molecule has 3 heterocycles. The van der Waals surface area contributed by atoms with E-state index >= 15 is 0 Å². The lowest BCUT2D eigenvalue weighted by atomic mass is 10.0. The summed E-state index contributed by atoms with van der Waals surface area (Å²) in [6.45, 7) is 0.538. The second-order valence-electron chi connectivity index (χ2n) is 9.71. The molecule has 4 unspecified atom stereocenters. The Morgan fingerprint density at radius 1 is 0.775 bits per heavy atom. The van der Waals surface area contributed by atoms with Crippen molar-refractivity contribution in [3.05, 3.63) is 102 Å². The van der Waals surface area contributed by atoms with Crippen LogP contribution in [0.5, 0.6) is 0 Å². The largest absolute Gasteiger partial charge is 0.416 e. The molecule has 0 radical (unpaired) electrons. The molecule has 0 bridgehead atoms. The number of fused-ring (bicyclic) bond motifs is 1. The number of hydrogen-bond acceptors (Lipinski definition) is 6. The molecule has 2 fully saturated rings. The van der Waals surface area contributed by atoms with Crippen molar-refractivity contribution in [3.8, 4) is 22.4 Å². The molecule has 2 aliphatic rings. The Morgan fingerprint density at radius 2 is 1.40 bits per heavy atom. The van der Waals surface area contributed by atoms with Crippen molar-refractivity contribution in [2.24, 2.45) is 0 Å². The van der Waals surface area contributed by atoms with E-state index in [1.807, 2.05) is 36.4 Å². The minimum Gasteiger partial charge on any atom is -0.371 e. The van der Waals surface area contributed by atoms with Gasteiger partial charge in [-0.15, -0.1) is 0 Å². The standard InChI is InChI=1S/C30H25F3N4O3/c31-30(32,33)22-12-10-21(11-13-22)28(38)35-24-16-39-27-25(17-40-26(24)27)37-29-34-15-14-23(36-29)20-8-6-19(7-9-20)18-4-2-1-3-5-18/h1-15,24-27H,16-17H2,(H,35,38)(H,34,36,37). The van der Waals surface area contributed by atoms with Crippen LogP contribution in [0.1, 0.15) is 15.9 Å². The van der Waals surface area contributed by atoms with Crippen LogP contribution in [0.25, 0.3) is 22.4 Å². The number of carbonyl (C=O) groups is 1. The van der Waals surface area contributed by atoms with E-state index in [-0.39, 0.29) is 24.3 Å². The SMILES string of the molecule is O=C(NC1COC2C(Nc3nccc(-c4ccc(-c5ccccc5)cc4)n3)COC12)c1ccc(C(F)(F)F)cc1. The first-order chi connectivity index (χ1) is 19.3. The third-order valence-electron chi connectivity index (χ3n) is 7.10. The van der Waals surface area contributed by atoms with Crippen LogP contribution < -0.4 is 10.6 Å². The Bertz CT molecular complexity index is 1480. The van der Waals surface area contributed by atoms with Crippen LogP contribution in [0.2, 0.25) is 0 Å². The highest BCUT2D eigenvalue weighted by molar-refractivity contribution is 5.94. The lowest BCUT2D eigenvalue weighted by Gasteiger charge is -2.18. The first kappa shape index (κ1) is 26.0. The molecular weight excluding hydrogens is 521 g/mol. The van der Waals surface area contributed by atoms with Gasteiger partial charge in [0.15, 0.2) is 0 Å². The molecule has 10 heteroatoms. The lowest BCUT2D eigenvalue weighted by molar-refractivity contribution is -0.137. The Morgan fingerprint density at radius 3 is 2.10 bits per heavy atom. The fraction of sp³-hybridized carbons (Fsp3) is 0.233. The van der Waals surface area contributed by atoms with Gasteiger partial charge in [0.25, 0.3) is 5.91 Å². The van der Waals surface area contributed by atoms with Gasteiger partial charge in [0.2, 0.25) is 5.95 Å². The average molecular weight is 547 g/mol. The first-order valence-corrected chi connectivity index (χ1v) is 12.8. The van der Waals surface area contributed by atoms with Gasteiger partial charge in [0.05, 0.1) is 36.6 Å². The third kappa shape index (κ3) is 5.41. The van der Waals surface area contributed by atoms with E-state index in [2.05, 4.69) is 44.9 Å². The van der Waals surface area contributed by atoms with Crippen LogP contribution in [0.15, 0.2) is 91.1 Å². The van der Waals surface area contributed by atoms with E-state index in [1.54, 1.807) is 6.20 Å². The van der Waals surface area contributed by atoms with E-state index in [0.717, 1.165) is 46.6 Å². The number of anilines is 1. The Balaban J connectivity index is 1.08.